The van der Waals surface area contributed by atoms with Crippen LogP contribution in [-0.2, 0) is 19.1 Å². The van der Waals surface area contributed by atoms with Crippen molar-refractivity contribution in [3.8, 4) is 23.0 Å². The Kier molecular flexibility index (Phi) is 30.5. The van der Waals surface area contributed by atoms with E-state index in [9.17, 15) is 32.3 Å². The number of esters is 4. The summed E-state index contributed by atoms with van der Waals surface area (Å²) in [4.78, 5) is 47.5. The molecule has 0 N–H and O–H groups in total. The molecule has 0 aliphatic carbocycles. The number of carbonyl (C=O) groups is 4. The number of hydrogen-bond donors (Lipinski definition) is 0. The van der Waals surface area contributed by atoms with Crippen molar-refractivity contribution in [1.29, 1.82) is 0 Å². The maximum absolute atomic E-state index is 15.0. The quantitative estimate of drug-likeness (QED) is 0.0179. The Labute approximate surface area is 408 Å². The summed E-state index contributed by atoms with van der Waals surface area (Å²) >= 11 is 0. The number of carbonyl (C=O) groups excluding carboxylic acids is 4. The highest BCUT2D eigenvalue weighted by Crippen LogP contribution is 2.32. The van der Waals surface area contributed by atoms with E-state index >= 15 is 0 Å². The Bertz CT molecular complexity index is 1950. The first-order valence-corrected chi connectivity index (χ1v) is 25.3. The number of unbranched alkanes of at least 4 members (excludes halogenated alkanes) is 24. The van der Waals surface area contributed by atoms with Crippen LogP contribution in [-0.4, -0.2) is 50.3 Å². The van der Waals surface area contributed by atoms with Gasteiger partial charge in [-0.1, -0.05) is 154 Å². The highest BCUT2D eigenvalue weighted by Gasteiger charge is 2.26. The molecule has 0 spiro atoms. The van der Waals surface area contributed by atoms with Crippen molar-refractivity contribution in [2.24, 2.45) is 0 Å². The molecule has 0 fully saturated rings. The minimum Gasteiger partial charge on any atom is -0.494 e. The van der Waals surface area contributed by atoms with E-state index in [-0.39, 0.29) is 23.1 Å². The van der Waals surface area contributed by atoms with Crippen molar-refractivity contribution >= 4 is 23.9 Å². The van der Waals surface area contributed by atoms with Crippen molar-refractivity contribution in [3.05, 3.63) is 108 Å². The first-order valence-electron chi connectivity index (χ1n) is 25.3. The number of rotatable bonds is 40. The second kappa shape index (κ2) is 36.4. The maximum Gasteiger partial charge on any atom is 0.343 e. The molecular weight excluding hydrogens is 890 g/mol. The highest BCUT2D eigenvalue weighted by atomic mass is 19.2. The fourth-order valence-electron chi connectivity index (χ4n) is 7.55. The van der Waals surface area contributed by atoms with Crippen LogP contribution in [0.2, 0.25) is 0 Å². The summed E-state index contributed by atoms with van der Waals surface area (Å²) in [6, 6.07) is 12.2. The molecule has 0 aromatic heterocycles. The Morgan fingerprint density at radius 3 is 1.04 bits per heavy atom. The van der Waals surface area contributed by atoms with E-state index < -0.39 is 40.9 Å². The lowest BCUT2D eigenvalue weighted by Gasteiger charge is -2.12. The van der Waals surface area contributed by atoms with Crippen molar-refractivity contribution in [2.45, 2.75) is 167 Å². The van der Waals surface area contributed by atoms with E-state index in [1.54, 1.807) is 24.3 Å². The van der Waals surface area contributed by atoms with Crippen LogP contribution in [0, 0.1) is 17.5 Å². The standard InChI is InChI=1S/C56H75F3O10/c1-3-50(60)66-41-29-25-21-17-13-9-5-7-11-15-19-23-27-39-64-46-35-31-44(32-36-46)55(62)68-49-43-48(57)54(53(59)52(49)58)69-56(63)45-33-37-47(38-34-45)65-40-28-24-20-16-12-8-6-10-14-18-22-26-30-42-67-51(61)4-2/h3-4,31-38,43H,1-2,5-30,39-42H2. The molecule has 0 radical (unpaired) electrons. The molecular formula is C56H75F3O10. The van der Waals surface area contributed by atoms with Gasteiger partial charge in [-0.05, 0) is 74.2 Å². The number of benzene rings is 3. The van der Waals surface area contributed by atoms with Crippen molar-refractivity contribution in [1.82, 2.24) is 0 Å². The summed E-state index contributed by atoms with van der Waals surface area (Å²) in [6.45, 7) is 8.71. The van der Waals surface area contributed by atoms with Gasteiger partial charge < -0.3 is 28.4 Å². The number of hydrogen-bond acceptors (Lipinski definition) is 10. The van der Waals surface area contributed by atoms with Gasteiger partial charge in [-0.15, -0.1) is 0 Å². The monoisotopic (exact) mass is 965 g/mol. The molecule has 3 aromatic carbocycles. The fraction of sp³-hybridized carbons (Fsp3) is 0.536. The largest absolute Gasteiger partial charge is 0.494 e. The first kappa shape index (κ1) is 57.7. The molecule has 10 nitrogen and oxygen atoms in total. The third-order valence-electron chi connectivity index (χ3n) is 11.6. The maximum atomic E-state index is 15.0. The molecule has 0 saturated heterocycles. The molecule has 0 aliphatic heterocycles. The zero-order valence-corrected chi connectivity index (χ0v) is 40.7. The molecule has 3 rings (SSSR count). The molecule has 0 saturated carbocycles. The van der Waals surface area contributed by atoms with Gasteiger partial charge in [0.15, 0.2) is 11.6 Å². The second-order valence-electron chi connectivity index (χ2n) is 17.3. The lowest BCUT2D eigenvalue weighted by atomic mass is 10.0. The Morgan fingerprint density at radius 1 is 0.406 bits per heavy atom. The molecule has 0 heterocycles. The highest BCUT2D eigenvalue weighted by molar-refractivity contribution is 5.92. The van der Waals surface area contributed by atoms with Crippen molar-refractivity contribution < 1.29 is 60.8 Å². The molecule has 0 bridgehead atoms. The summed E-state index contributed by atoms with van der Waals surface area (Å²) in [6.07, 6.45) is 31.9. The van der Waals surface area contributed by atoms with E-state index in [1.807, 2.05) is 0 Å². The average molecular weight is 965 g/mol. The zero-order chi connectivity index (χ0) is 49.7. The summed E-state index contributed by atoms with van der Waals surface area (Å²) < 4.78 is 76.4. The van der Waals surface area contributed by atoms with Gasteiger partial charge in [0.05, 0.1) is 37.6 Å². The molecule has 0 atom stereocenters. The fourth-order valence-corrected chi connectivity index (χ4v) is 7.55. The van der Waals surface area contributed by atoms with Crippen molar-refractivity contribution in [3.63, 3.8) is 0 Å². The van der Waals surface area contributed by atoms with Crippen LogP contribution >= 0.6 is 0 Å². The lowest BCUT2D eigenvalue weighted by Crippen LogP contribution is -2.14. The van der Waals surface area contributed by atoms with E-state index in [4.69, 9.17) is 28.4 Å². The molecule has 3 aromatic rings. The topological polar surface area (TPSA) is 124 Å². The van der Waals surface area contributed by atoms with E-state index in [1.165, 1.54) is 126 Å². The smallest absolute Gasteiger partial charge is 0.343 e. The van der Waals surface area contributed by atoms with Gasteiger partial charge in [0, 0.05) is 18.2 Å². The Morgan fingerprint density at radius 2 is 0.710 bits per heavy atom. The average Bonchev–Trinajstić information content (AvgIpc) is 3.36. The van der Waals surface area contributed by atoms with E-state index in [0.29, 0.717) is 44.0 Å². The summed E-state index contributed by atoms with van der Waals surface area (Å²) in [7, 11) is 0. The third-order valence-corrected chi connectivity index (χ3v) is 11.6. The zero-order valence-electron chi connectivity index (χ0n) is 40.7. The molecule has 0 amide bonds. The number of ether oxygens (including phenoxy) is 6. The van der Waals surface area contributed by atoms with E-state index in [0.717, 1.165) is 77.0 Å². The molecule has 0 unspecified atom stereocenters. The SMILES string of the molecule is C=CC(=O)OCCCCCCCCCCCCCCCOc1ccc(C(=O)Oc2cc(F)c(OC(=O)c3ccc(OCCCCCCCCCCCCCCCOC(=O)C=C)cc3)c(F)c2F)cc1. The van der Waals surface area contributed by atoms with Crippen LogP contribution in [0.5, 0.6) is 23.0 Å². The number of halogens is 3. The second-order valence-corrected chi connectivity index (χ2v) is 17.3. The van der Waals surface area contributed by atoms with E-state index in [2.05, 4.69) is 13.2 Å². The lowest BCUT2D eigenvalue weighted by molar-refractivity contribution is -0.138. The normalized spacial score (nSPS) is 10.9. The van der Waals surface area contributed by atoms with Crippen LogP contribution in [0.4, 0.5) is 13.2 Å². The van der Waals surface area contributed by atoms with Crippen LogP contribution in [0.1, 0.15) is 188 Å². The predicted octanol–water partition coefficient (Wildman–Crippen LogP) is 14.9. The Hall–Kier alpha value is -5.59. The van der Waals surface area contributed by atoms with Gasteiger partial charge in [0.1, 0.15) is 11.5 Å². The van der Waals surface area contributed by atoms with Gasteiger partial charge in [0.25, 0.3) is 0 Å². The van der Waals surface area contributed by atoms with Crippen LogP contribution in [0.25, 0.3) is 0 Å². The van der Waals surface area contributed by atoms with Crippen LogP contribution in [0.15, 0.2) is 79.9 Å². The summed E-state index contributed by atoms with van der Waals surface area (Å²) in [5, 5.41) is 0. The first-order chi connectivity index (χ1) is 33.6. The summed E-state index contributed by atoms with van der Waals surface area (Å²) in [5.41, 5.74) is -0.0246. The minimum absolute atomic E-state index is 0.00901. The Balaban J connectivity index is 1.23. The molecule has 380 valence electrons. The molecule has 69 heavy (non-hydrogen) atoms. The van der Waals surface area contributed by atoms with Gasteiger partial charge in [-0.25, -0.2) is 23.6 Å². The van der Waals surface area contributed by atoms with Gasteiger partial charge >= 0.3 is 23.9 Å². The third kappa shape index (κ3) is 25.6. The molecule has 0 aliphatic rings. The van der Waals surface area contributed by atoms with Gasteiger partial charge in [-0.2, -0.15) is 8.78 Å². The van der Waals surface area contributed by atoms with Crippen LogP contribution in [0.3, 0.4) is 0 Å². The predicted molar refractivity (Wildman–Crippen MR) is 262 cm³/mol. The van der Waals surface area contributed by atoms with Crippen molar-refractivity contribution in [2.75, 3.05) is 26.4 Å². The van der Waals surface area contributed by atoms with Gasteiger partial charge in [0.2, 0.25) is 17.4 Å². The van der Waals surface area contributed by atoms with Gasteiger partial charge in [-0.3, -0.25) is 0 Å². The molecule has 13 heteroatoms. The summed E-state index contributed by atoms with van der Waals surface area (Å²) in [5.74, 6) is -9.03. The van der Waals surface area contributed by atoms with Crippen LogP contribution < -0.4 is 18.9 Å². The minimum atomic E-state index is -1.82.